The SMILES string of the molecule is CC1(Nc2ccccc2)CCC2CC1C2(C)C. The Morgan fingerprint density at radius 3 is 2.41 bits per heavy atom. The Bertz CT molecular complexity index is 407. The molecule has 0 heterocycles. The van der Waals surface area contributed by atoms with Crippen molar-refractivity contribution in [1.29, 1.82) is 0 Å². The molecule has 3 fully saturated rings. The number of hydrogen-bond donors (Lipinski definition) is 1. The van der Waals surface area contributed by atoms with E-state index in [1.807, 2.05) is 0 Å². The van der Waals surface area contributed by atoms with Crippen molar-refractivity contribution in [3.63, 3.8) is 0 Å². The minimum absolute atomic E-state index is 0.291. The molecule has 3 unspecified atom stereocenters. The van der Waals surface area contributed by atoms with Crippen molar-refractivity contribution >= 4 is 5.69 Å². The maximum atomic E-state index is 3.80. The van der Waals surface area contributed by atoms with Crippen LogP contribution in [0.15, 0.2) is 30.3 Å². The summed E-state index contributed by atoms with van der Waals surface area (Å²) in [6.07, 6.45) is 4.13. The van der Waals surface area contributed by atoms with E-state index in [0.29, 0.717) is 11.0 Å². The Balaban J connectivity index is 1.82. The van der Waals surface area contributed by atoms with E-state index in [1.165, 1.54) is 24.9 Å². The number of benzene rings is 1. The van der Waals surface area contributed by atoms with Crippen LogP contribution in [0, 0.1) is 17.3 Å². The van der Waals surface area contributed by atoms with Crippen LogP contribution in [-0.4, -0.2) is 5.54 Å². The largest absolute Gasteiger partial charge is 0.380 e. The second-order valence-electron chi connectivity index (χ2n) is 6.75. The van der Waals surface area contributed by atoms with Crippen molar-refractivity contribution in [1.82, 2.24) is 0 Å². The van der Waals surface area contributed by atoms with Crippen molar-refractivity contribution in [2.75, 3.05) is 5.32 Å². The van der Waals surface area contributed by atoms with Crippen LogP contribution in [0.5, 0.6) is 0 Å². The maximum Gasteiger partial charge on any atom is 0.0379 e. The van der Waals surface area contributed by atoms with Crippen LogP contribution in [0.25, 0.3) is 0 Å². The number of anilines is 1. The third-order valence-electron chi connectivity index (χ3n) is 5.46. The quantitative estimate of drug-likeness (QED) is 0.796. The van der Waals surface area contributed by atoms with Gasteiger partial charge in [-0.15, -0.1) is 0 Å². The molecule has 3 aliphatic rings. The summed E-state index contributed by atoms with van der Waals surface area (Å²) in [4.78, 5) is 0. The van der Waals surface area contributed by atoms with Crippen LogP contribution in [-0.2, 0) is 0 Å². The number of fused-ring (bicyclic) bond motifs is 2. The van der Waals surface area contributed by atoms with Crippen molar-refractivity contribution in [3.05, 3.63) is 30.3 Å². The predicted molar refractivity (Wildman–Crippen MR) is 73.1 cm³/mol. The first-order chi connectivity index (χ1) is 8.02. The molecule has 1 N–H and O–H groups in total. The fourth-order valence-corrected chi connectivity index (χ4v) is 4.24. The van der Waals surface area contributed by atoms with Crippen molar-refractivity contribution in [2.45, 2.75) is 45.6 Å². The Hall–Kier alpha value is -0.980. The van der Waals surface area contributed by atoms with Crippen molar-refractivity contribution in [2.24, 2.45) is 17.3 Å². The van der Waals surface area contributed by atoms with Gasteiger partial charge in [-0.1, -0.05) is 32.0 Å². The molecular formula is C16H23N. The standard InChI is InChI=1S/C16H23N/c1-15(2)12-9-10-16(3,14(15)11-12)17-13-7-5-4-6-8-13/h4-8,12,14,17H,9-11H2,1-3H3. The second kappa shape index (κ2) is 3.51. The van der Waals surface area contributed by atoms with Crippen LogP contribution < -0.4 is 5.32 Å². The van der Waals surface area contributed by atoms with E-state index >= 15 is 0 Å². The van der Waals surface area contributed by atoms with E-state index in [9.17, 15) is 0 Å². The van der Waals surface area contributed by atoms with Gasteiger partial charge in [0.2, 0.25) is 0 Å². The van der Waals surface area contributed by atoms with Gasteiger partial charge in [-0.3, -0.25) is 0 Å². The van der Waals surface area contributed by atoms with Gasteiger partial charge in [-0.25, -0.2) is 0 Å². The molecule has 3 aliphatic carbocycles. The summed E-state index contributed by atoms with van der Waals surface area (Å²) in [5, 5.41) is 3.80. The Morgan fingerprint density at radius 1 is 1.12 bits per heavy atom. The minimum atomic E-state index is 0.291. The molecule has 3 saturated carbocycles. The summed E-state index contributed by atoms with van der Waals surface area (Å²) in [6.45, 7) is 7.33. The van der Waals surface area contributed by atoms with Gasteiger partial charge in [-0.05, 0) is 55.6 Å². The summed E-state index contributed by atoms with van der Waals surface area (Å²) in [5.41, 5.74) is 2.10. The Labute approximate surface area is 105 Å². The lowest BCUT2D eigenvalue weighted by atomic mass is 9.43. The van der Waals surface area contributed by atoms with Gasteiger partial charge in [0.05, 0.1) is 0 Å². The molecule has 3 atom stereocenters. The highest BCUT2D eigenvalue weighted by Crippen LogP contribution is 2.63. The van der Waals surface area contributed by atoms with Crippen LogP contribution in [0.4, 0.5) is 5.69 Å². The molecule has 0 spiro atoms. The number of hydrogen-bond acceptors (Lipinski definition) is 1. The molecule has 0 saturated heterocycles. The molecule has 92 valence electrons. The monoisotopic (exact) mass is 229 g/mol. The normalized spacial score (nSPS) is 38.3. The lowest BCUT2D eigenvalue weighted by Gasteiger charge is -2.64. The first kappa shape index (κ1) is 11.1. The van der Waals surface area contributed by atoms with Gasteiger partial charge >= 0.3 is 0 Å². The molecule has 1 aromatic rings. The zero-order valence-electron chi connectivity index (χ0n) is 11.2. The van der Waals surface area contributed by atoms with Gasteiger partial charge in [-0.2, -0.15) is 0 Å². The van der Waals surface area contributed by atoms with Gasteiger partial charge < -0.3 is 5.32 Å². The smallest absolute Gasteiger partial charge is 0.0379 e. The van der Waals surface area contributed by atoms with Gasteiger partial charge in [0.1, 0.15) is 0 Å². The zero-order valence-corrected chi connectivity index (χ0v) is 11.2. The Kier molecular flexibility index (Phi) is 2.30. The number of rotatable bonds is 2. The van der Waals surface area contributed by atoms with Crippen LogP contribution in [0.3, 0.4) is 0 Å². The molecule has 1 nitrogen and oxygen atoms in total. The van der Waals surface area contributed by atoms with E-state index in [-0.39, 0.29) is 0 Å². The molecule has 1 heteroatoms. The van der Waals surface area contributed by atoms with E-state index in [4.69, 9.17) is 0 Å². The first-order valence-electron chi connectivity index (χ1n) is 6.86. The molecule has 4 rings (SSSR count). The molecule has 0 aliphatic heterocycles. The van der Waals surface area contributed by atoms with E-state index < -0.39 is 0 Å². The summed E-state index contributed by atoms with van der Waals surface area (Å²) in [5.74, 6) is 1.80. The number of nitrogens with one attached hydrogen (secondary N) is 1. The van der Waals surface area contributed by atoms with Gasteiger partial charge in [0.15, 0.2) is 0 Å². The maximum absolute atomic E-state index is 3.80. The number of para-hydroxylation sites is 1. The van der Waals surface area contributed by atoms with Gasteiger partial charge in [0, 0.05) is 11.2 Å². The summed E-state index contributed by atoms with van der Waals surface area (Å²) < 4.78 is 0. The average Bonchev–Trinajstić information content (AvgIpc) is 2.29. The second-order valence-corrected chi connectivity index (χ2v) is 6.75. The highest BCUT2D eigenvalue weighted by Gasteiger charge is 2.59. The zero-order chi connectivity index (χ0) is 12.1. The van der Waals surface area contributed by atoms with Crippen LogP contribution in [0.2, 0.25) is 0 Å². The lowest BCUT2D eigenvalue weighted by molar-refractivity contribution is -0.104. The molecule has 17 heavy (non-hydrogen) atoms. The van der Waals surface area contributed by atoms with E-state index in [0.717, 1.165) is 11.8 Å². The highest BCUT2D eigenvalue weighted by molar-refractivity contribution is 5.46. The molecule has 0 amide bonds. The van der Waals surface area contributed by atoms with Gasteiger partial charge in [0.25, 0.3) is 0 Å². The third-order valence-corrected chi connectivity index (χ3v) is 5.46. The minimum Gasteiger partial charge on any atom is -0.380 e. The van der Waals surface area contributed by atoms with Crippen molar-refractivity contribution < 1.29 is 0 Å². The first-order valence-corrected chi connectivity index (χ1v) is 6.86. The fraction of sp³-hybridized carbons (Fsp3) is 0.625. The molecule has 1 aromatic carbocycles. The Morgan fingerprint density at radius 2 is 1.82 bits per heavy atom. The lowest BCUT2D eigenvalue weighted by Crippen LogP contribution is -2.63. The summed E-state index contributed by atoms with van der Waals surface area (Å²) in [7, 11) is 0. The average molecular weight is 229 g/mol. The van der Waals surface area contributed by atoms with Crippen LogP contribution in [0.1, 0.15) is 40.0 Å². The highest BCUT2D eigenvalue weighted by atomic mass is 15.0. The van der Waals surface area contributed by atoms with E-state index in [2.05, 4.69) is 56.4 Å². The summed E-state index contributed by atoms with van der Waals surface area (Å²) in [6, 6.07) is 10.7. The molecule has 0 aromatic heterocycles. The molecule has 0 radical (unpaired) electrons. The van der Waals surface area contributed by atoms with Crippen molar-refractivity contribution in [3.8, 4) is 0 Å². The molecule has 2 bridgehead atoms. The van der Waals surface area contributed by atoms with Crippen LogP contribution >= 0.6 is 0 Å². The topological polar surface area (TPSA) is 12.0 Å². The molecular weight excluding hydrogens is 206 g/mol. The predicted octanol–water partition coefficient (Wildman–Crippen LogP) is 4.31. The van der Waals surface area contributed by atoms with E-state index in [1.54, 1.807) is 0 Å². The third kappa shape index (κ3) is 1.59. The summed E-state index contributed by atoms with van der Waals surface area (Å²) >= 11 is 0. The fourth-order valence-electron chi connectivity index (χ4n) is 4.24.